The van der Waals surface area contributed by atoms with Gasteiger partial charge in [-0.05, 0) is 38.8 Å². The Kier molecular flexibility index (Phi) is 7.69. The van der Waals surface area contributed by atoms with Crippen molar-refractivity contribution in [3.63, 3.8) is 0 Å². The number of aliphatic imine (C=N–C) groups is 1. The molecule has 1 aliphatic heterocycles. The van der Waals surface area contributed by atoms with Crippen LogP contribution < -0.4 is 10.1 Å². The normalized spacial score (nSPS) is 16.9. The molecule has 0 amide bonds. The summed E-state index contributed by atoms with van der Waals surface area (Å²) in [7, 11) is 1.73. The van der Waals surface area contributed by atoms with Crippen molar-refractivity contribution in [1.29, 1.82) is 0 Å². The highest BCUT2D eigenvalue weighted by Gasteiger charge is 2.27. The second-order valence-electron chi connectivity index (χ2n) is 6.33. The Bertz CT molecular complexity index is 616. The highest BCUT2D eigenvalue weighted by Crippen LogP contribution is 2.19. The van der Waals surface area contributed by atoms with Crippen molar-refractivity contribution < 1.29 is 18.7 Å². The molecule has 6 nitrogen and oxygen atoms in total. The van der Waals surface area contributed by atoms with Gasteiger partial charge in [-0.15, -0.1) is 0 Å². The number of hydrogen-bond donors (Lipinski definition) is 1. The second-order valence-corrected chi connectivity index (χ2v) is 6.33. The number of carbonyl (C=O) groups excluding carboxylic acids is 1. The Balaban J connectivity index is 1.78. The van der Waals surface area contributed by atoms with Crippen LogP contribution in [0.4, 0.5) is 4.39 Å². The summed E-state index contributed by atoms with van der Waals surface area (Å²) >= 11 is 0. The maximum absolute atomic E-state index is 13.2. The molecule has 0 radical (unpaired) electrons. The fraction of sp³-hybridized carbons (Fsp3) is 0.579. The van der Waals surface area contributed by atoms with Gasteiger partial charge in [0.15, 0.2) is 5.96 Å². The molecule has 2 rings (SSSR count). The van der Waals surface area contributed by atoms with Crippen LogP contribution in [0, 0.1) is 11.7 Å². The monoisotopic (exact) mass is 365 g/mol. The van der Waals surface area contributed by atoms with Crippen molar-refractivity contribution in [1.82, 2.24) is 10.2 Å². The van der Waals surface area contributed by atoms with Crippen LogP contribution in [-0.4, -0.2) is 56.2 Å². The van der Waals surface area contributed by atoms with E-state index >= 15 is 0 Å². The smallest absolute Gasteiger partial charge is 0.309 e. The topological polar surface area (TPSA) is 63.2 Å². The average molecular weight is 365 g/mol. The number of carbonyl (C=O) groups is 1. The van der Waals surface area contributed by atoms with Crippen molar-refractivity contribution >= 4 is 11.9 Å². The van der Waals surface area contributed by atoms with Crippen LogP contribution in [0.2, 0.25) is 0 Å². The van der Waals surface area contributed by atoms with Gasteiger partial charge in [0.05, 0.1) is 19.1 Å². The molecule has 0 aliphatic carbocycles. The van der Waals surface area contributed by atoms with E-state index in [9.17, 15) is 9.18 Å². The quantitative estimate of drug-likeness (QED) is 0.477. The number of guanidine groups is 1. The average Bonchev–Trinajstić information content (AvgIpc) is 2.63. The molecule has 0 spiro atoms. The summed E-state index contributed by atoms with van der Waals surface area (Å²) in [6.45, 7) is 6.21. The van der Waals surface area contributed by atoms with E-state index in [0.717, 1.165) is 31.9 Å². The molecule has 0 saturated carbocycles. The Morgan fingerprint density at radius 3 is 2.77 bits per heavy atom. The summed E-state index contributed by atoms with van der Waals surface area (Å²) < 4.78 is 24.0. The Morgan fingerprint density at radius 1 is 1.42 bits per heavy atom. The van der Waals surface area contributed by atoms with Crippen LogP contribution in [0.15, 0.2) is 29.3 Å². The number of nitrogens with one attached hydrogen (secondary N) is 1. The molecule has 1 saturated heterocycles. The van der Waals surface area contributed by atoms with Crippen LogP contribution in [0.1, 0.15) is 26.7 Å². The van der Waals surface area contributed by atoms with Gasteiger partial charge in [0.2, 0.25) is 0 Å². The highest BCUT2D eigenvalue weighted by molar-refractivity contribution is 5.80. The molecule has 1 aliphatic rings. The number of ether oxygens (including phenoxy) is 2. The van der Waals surface area contributed by atoms with E-state index in [-0.39, 0.29) is 23.8 Å². The van der Waals surface area contributed by atoms with Crippen LogP contribution in [-0.2, 0) is 9.53 Å². The van der Waals surface area contributed by atoms with E-state index in [1.54, 1.807) is 19.2 Å². The molecule has 0 aromatic heterocycles. The number of rotatable bonds is 6. The molecule has 1 atom stereocenters. The third kappa shape index (κ3) is 5.89. The summed E-state index contributed by atoms with van der Waals surface area (Å²) in [6, 6.07) is 6.11. The van der Waals surface area contributed by atoms with Gasteiger partial charge in [0.25, 0.3) is 0 Å². The first-order chi connectivity index (χ1) is 12.5. The maximum Gasteiger partial charge on any atom is 0.309 e. The van der Waals surface area contributed by atoms with Gasteiger partial charge in [0, 0.05) is 26.2 Å². The van der Waals surface area contributed by atoms with Crippen LogP contribution in [0.25, 0.3) is 0 Å². The zero-order valence-corrected chi connectivity index (χ0v) is 15.7. The fourth-order valence-electron chi connectivity index (χ4n) is 2.97. The fourth-order valence-corrected chi connectivity index (χ4v) is 2.97. The SMILES string of the molecule is CCOC(=O)C1CCN(C(=NC)NCC(C)Oc2cccc(F)c2)CC1. The van der Waals surface area contributed by atoms with E-state index in [4.69, 9.17) is 9.47 Å². The molecule has 26 heavy (non-hydrogen) atoms. The molecule has 1 aromatic carbocycles. The molecule has 1 fully saturated rings. The Hall–Kier alpha value is -2.31. The lowest BCUT2D eigenvalue weighted by atomic mass is 9.97. The summed E-state index contributed by atoms with van der Waals surface area (Å²) in [5.74, 6) is 0.834. The number of hydrogen-bond acceptors (Lipinski definition) is 4. The van der Waals surface area contributed by atoms with Crippen LogP contribution in [0.3, 0.4) is 0 Å². The van der Waals surface area contributed by atoms with Gasteiger partial charge >= 0.3 is 5.97 Å². The first-order valence-electron chi connectivity index (χ1n) is 9.08. The summed E-state index contributed by atoms with van der Waals surface area (Å²) in [5.41, 5.74) is 0. The number of likely N-dealkylation sites (tertiary alicyclic amines) is 1. The summed E-state index contributed by atoms with van der Waals surface area (Å²) in [4.78, 5) is 18.3. The second kappa shape index (κ2) is 9.99. The summed E-state index contributed by atoms with van der Waals surface area (Å²) in [5, 5.41) is 3.28. The first-order valence-corrected chi connectivity index (χ1v) is 9.08. The lowest BCUT2D eigenvalue weighted by molar-refractivity contribution is -0.149. The number of nitrogens with zero attached hydrogens (tertiary/aromatic N) is 2. The predicted octanol–water partition coefficient (Wildman–Crippen LogP) is 2.44. The molecular formula is C19H28FN3O3. The van der Waals surface area contributed by atoms with Gasteiger partial charge in [0.1, 0.15) is 17.7 Å². The van der Waals surface area contributed by atoms with Crippen molar-refractivity contribution in [3.05, 3.63) is 30.1 Å². The molecular weight excluding hydrogens is 337 g/mol. The summed E-state index contributed by atoms with van der Waals surface area (Å²) in [6.07, 6.45) is 1.37. The number of benzene rings is 1. The van der Waals surface area contributed by atoms with E-state index in [0.29, 0.717) is 18.9 Å². The van der Waals surface area contributed by atoms with E-state index in [2.05, 4.69) is 15.2 Å². The zero-order valence-electron chi connectivity index (χ0n) is 15.7. The van der Waals surface area contributed by atoms with Crippen molar-refractivity contribution in [2.45, 2.75) is 32.8 Å². The lowest BCUT2D eigenvalue weighted by Crippen LogP contribution is -2.48. The maximum atomic E-state index is 13.2. The minimum atomic E-state index is -0.317. The standard InChI is InChI=1S/C19H28FN3O3/c1-4-25-18(24)15-8-10-23(11-9-15)19(21-3)22-13-14(2)26-17-7-5-6-16(20)12-17/h5-7,12,14-15H,4,8-11,13H2,1-3H3,(H,21,22). The van der Waals surface area contributed by atoms with Crippen molar-refractivity contribution in [2.24, 2.45) is 10.9 Å². The minimum Gasteiger partial charge on any atom is -0.489 e. The van der Waals surface area contributed by atoms with Gasteiger partial charge in [-0.2, -0.15) is 0 Å². The predicted molar refractivity (Wildman–Crippen MR) is 98.8 cm³/mol. The number of esters is 1. The van der Waals surface area contributed by atoms with E-state index in [1.807, 2.05) is 13.8 Å². The first kappa shape index (κ1) is 20.0. The molecule has 7 heteroatoms. The molecule has 1 unspecified atom stereocenters. The molecule has 144 valence electrons. The highest BCUT2D eigenvalue weighted by atomic mass is 19.1. The van der Waals surface area contributed by atoms with Crippen molar-refractivity contribution in [3.8, 4) is 5.75 Å². The molecule has 1 heterocycles. The largest absolute Gasteiger partial charge is 0.489 e. The molecule has 1 aromatic rings. The van der Waals surface area contributed by atoms with Gasteiger partial charge < -0.3 is 19.7 Å². The van der Waals surface area contributed by atoms with Crippen molar-refractivity contribution in [2.75, 3.05) is 33.3 Å². The molecule has 0 bridgehead atoms. The number of halogens is 1. The minimum absolute atomic E-state index is 0.0282. The van der Waals surface area contributed by atoms with E-state index < -0.39 is 0 Å². The zero-order chi connectivity index (χ0) is 18.9. The number of piperidine rings is 1. The van der Waals surface area contributed by atoms with Crippen LogP contribution in [0.5, 0.6) is 5.75 Å². The van der Waals surface area contributed by atoms with E-state index in [1.165, 1.54) is 12.1 Å². The lowest BCUT2D eigenvalue weighted by Gasteiger charge is -2.33. The van der Waals surface area contributed by atoms with Gasteiger partial charge in [-0.1, -0.05) is 6.07 Å². The third-order valence-electron chi connectivity index (χ3n) is 4.31. The molecule has 1 N–H and O–H groups in total. The third-order valence-corrected chi connectivity index (χ3v) is 4.31. The Morgan fingerprint density at radius 2 is 2.15 bits per heavy atom. The van der Waals surface area contributed by atoms with Crippen LogP contribution >= 0.6 is 0 Å². The van der Waals surface area contributed by atoms with Gasteiger partial charge in [-0.25, -0.2) is 4.39 Å². The Labute approximate surface area is 154 Å². The van der Waals surface area contributed by atoms with Gasteiger partial charge in [-0.3, -0.25) is 9.79 Å².